The third-order valence-corrected chi connectivity index (χ3v) is 1.66. The molecule has 0 saturated heterocycles. The van der Waals surface area contributed by atoms with E-state index < -0.39 is 10.7 Å². The summed E-state index contributed by atoms with van der Waals surface area (Å²) >= 11 is 0. The summed E-state index contributed by atoms with van der Waals surface area (Å²) in [4.78, 5) is 9.91. The molecule has 82 valence electrons. The van der Waals surface area contributed by atoms with Crippen LogP contribution in [-0.2, 0) is 4.74 Å². The van der Waals surface area contributed by atoms with Crippen LogP contribution in [0.15, 0.2) is 18.2 Å². The second-order valence-electron chi connectivity index (χ2n) is 2.71. The Balaban J connectivity index is 2.82. The third kappa shape index (κ3) is 3.17. The van der Waals surface area contributed by atoms with Gasteiger partial charge in [0.25, 0.3) is 0 Å². The van der Waals surface area contributed by atoms with Crippen molar-refractivity contribution in [1.29, 1.82) is 0 Å². The van der Waals surface area contributed by atoms with Crippen molar-refractivity contribution in [3.63, 3.8) is 0 Å². The van der Waals surface area contributed by atoms with Crippen LogP contribution in [0.25, 0.3) is 0 Å². The van der Waals surface area contributed by atoms with Gasteiger partial charge in [0, 0.05) is 19.2 Å². The minimum atomic E-state index is -0.623. The lowest BCUT2D eigenvalue weighted by molar-refractivity contribution is -0.385. The topological polar surface area (TPSA) is 61.6 Å². The molecule has 0 atom stereocenters. The van der Waals surface area contributed by atoms with Crippen molar-refractivity contribution in [2.75, 3.05) is 20.3 Å². The van der Waals surface area contributed by atoms with E-state index in [1.807, 2.05) is 0 Å². The number of ether oxygens (including phenoxy) is 2. The SMILES string of the molecule is COCCOc1cc(F)ccc1[N+](=O)[O-]. The van der Waals surface area contributed by atoms with Crippen LogP contribution in [-0.4, -0.2) is 25.2 Å². The van der Waals surface area contributed by atoms with Crippen LogP contribution in [0.2, 0.25) is 0 Å². The molecular weight excluding hydrogens is 205 g/mol. The van der Waals surface area contributed by atoms with Gasteiger partial charge in [0.05, 0.1) is 11.5 Å². The zero-order valence-corrected chi connectivity index (χ0v) is 8.10. The molecule has 0 amide bonds. The predicted molar refractivity (Wildman–Crippen MR) is 50.4 cm³/mol. The fourth-order valence-corrected chi connectivity index (χ4v) is 0.989. The smallest absolute Gasteiger partial charge is 0.311 e. The Morgan fingerprint density at radius 1 is 1.47 bits per heavy atom. The number of methoxy groups -OCH3 is 1. The van der Waals surface area contributed by atoms with Crippen molar-refractivity contribution >= 4 is 5.69 Å². The molecule has 1 aromatic carbocycles. The van der Waals surface area contributed by atoms with Crippen molar-refractivity contribution < 1.29 is 18.8 Å². The summed E-state index contributed by atoms with van der Waals surface area (Å²) in [6.07, 6.45) is 0. The summed E-state index contributed by atoms with van der Waals surface area (Å²) in [5.74, 6) is -0.662. The average molecular weight is 215 g/mol. The zero-order chi connectivity index (χ0) is 11.3. The number of nitro groups is 1. The van der Waals surface area contributed by atoms with Gasteiger partial charge in [-0.1, -0.05) is 0 Å². The van der Waals surface area contributed by atoms with E-state index in [0.717, 1.165) is 18.2 Å². The maximum absolute atomic E-state index is 12.8. The van der Waals surface area contributed by atoms with E-state index in [2.05, 4.69) is 0 Å². The second kappa shape index (κ2) is 5.26. The van der Waals surface area contributed by atoms with Gasteiger partial charge in [-0.3, -0.25) is 10.1 Å². The molecule has 6 heteroatoms. The van der Waals surface area contributed by atoms with Crippen molar-refractivity contribution in [2.45, 2.75) is 0 Å². The lowest BCUT2D eigenvalue weighted by atomic mass is 10.3. The Morgan fingerprint density at radius 2 is 2.20 bits per heavy atom. The highest BCUT2D eigenvalue weighted by atomic mass is 19.1. The van der Waals surface area contributed by atoms with Gasteiger partial charge in [-0.05, 0) is 6.07 Å². The van der Waals surface area contributed by atoms with Crippen LogP contribution in [0.1, 0.15) is 0 Å². The van der Waals surface area contributed by atoms with E-state index in [1.165, 1.54) is 7.11 Å². The lowest BCUT2D eigenvalue weighted by Crippen LogP contribution is -2.06. The van der Waals surface area contributed by atoms with E-state index in [9.17, 15) is 14.5 Å². The standard InChI is InChI=1S/C9H10FNO4/c1-14-4-5-15-9-6-7(10)2-3-8(9)11(12)13/h2-3,6H,4-5H2,1H3. The third-order valence-electron chi connectivity index (χ3n) is 1.66. The minimum Gasteiger partial charge on any atom is -0.484 e. The molecule has 0 saturated carbocycles. The average Bonchev–Trinajstić information content (AvgIpc) is 2.18. The summed E-state index contributed by atoms with van der Waals surface area (Å²) in [6, 6.07) is 3.06. The molecule has 0 radical (unpaired) electrons. The van der Waals surface area contributed by atoms with Gasteiger partial charge in [-0.15, -0.1) is 0 Å². The maximum Gasteiger partial charge on any atom is 0.311 e. The molecule has 0 heterocycles. The predicted octanol–water partition coefficient (Wildman–Crippen LogP) is 1.76. The molecular formula is C9H10FNO4. The molecule has 0 aliphatic carbocycles. The summed E-state index contributed by atoms with van der Waals surface area (Å²) in [5.41, 5.74) is -0.257. The molecule has 0 bridgehead atoms. The number of nitrogens with zero attached hydrogens (tertiary/aromatic N) is 1. The summed E-state index contributed by atoms with van der Waals surface area (Å²) < 4.78 is 22.5. The van der Waals surface area contributed by atoms with Gasteiger partial charge in [0.2, 0.25) is 0 Å². The highest BCUT2D eigenvalue weighted by Gasteiger charge is 2.15. The number of hydrogen-bond donors (Lipinski definition) is 0. The molecule has 0 unspecified atom stereocenters. The molecule has 15 heavy (non-hydrogen) atoms. The normalized spacial score (nSPS) is 10.0. The number of halogens is 1. The Bertz CT molecular complexity index is 356. The first-order chi connectivity index (χ1) is 7.15. The molecule has 0 aliphatic rings. The highest BCUT2D eigenvalue weighted by Crippen LogP contribution is 2.27. The maximum atomic E-state index is 12.8. The quantitative estimate of drug-likeness (QED) is 0.426. The Hall–Kier alpha value is -1.69. The van der Waals surface area contributed by atoms with Crippen molar-refractivity contribution in [1.82, 2.24) is 0 Å². The van der Waals surface area contributed by atoms with E-state index in [4.69, 9.17) is 9.47 Å². The summed E-state index contributed by atoms with van der Waals surface area (Å²) in [5, 5.41) is 10.5. The molecule has 0 spiro atoms. The van der Waals surface area contributed by atoms with Crippen molar-refractivity contribution in [3.05, 3.63) is 34.1 Å². The Labute approximate surface area is 85.6 Å². The molecule has 0 aliphatic heterocycles. The van der Waals surface area contributed by atoms with Gasteiger partial charge in [0.15, 0.2) is 5.75 Å². The van der Waals surface area contributed by atoms with E-state index >= 15 is 0 Å². The second-order valence-corrected chi connectivity index (χ2v) is 2.71. The number of hydrogen-bond acceptors (Lipinski definition) is 4. The van der Waals surface area contributed by atoms with Gasteiger partial charge >= 0.3 is 5.69 Å². The summed E-state index contributed by atoms with van der Waals surface area (Å²) in [7, 11) is 1.48. The molecule has 1 rings (SSSR count). The molecule has 0 fully saturated rings. The molecule has 1 aromatic rings. The Morgan fingerprint density at radius 3 is 2.80 bits per heavy atom. The fraction of sp³-hybridized carbons (Fsp3) is 0.333. The van der Waals surface area contributed by atoms with Crippen LogP contribution in [0.5, 0.6) is 5.75 Å². The fourth-order valence-electron chi connectivity index (χ4n) is 0.989. The van der Waals surface area contributed by atoms with E-state index in [0.29, 0.717) is 0 Å². The van der Waals surface area contributed by atoms with Crippen molar-refractivity contribution in [2.24, 2.45) is 0 Å². The first-order valence-electron chi connectivity index (χ1n) is 4.21. The van der Waals surface area contributed by atoms with Gasteiger partial charge in [-0.25, -0.2) is 4.39 Å². The number of nitro benzene ring substituents is 1. The van der Waals surface area contributed by atoms with Crippen LogP contribution in [0.4, 0.5) is 10.1 Å². The van der Waals surface area contributed by atoms with Crippen molar-refractivity contribution in [3.8, 4) is 5.75 Å². The Kier molecular flexibility index (Phi) is 3.99. The largest absolute Gasteiger partial charge is 0.484 e. The first-order valence-corrected chi connectivity index (χ1v) is 4.21. The van der Waals surface area contributed by atoms with Crippen LogP contribution in [0, 0.1) is 15.9 Å². The number of benzene rings is 1. The first kappa shape index (κ1) is 11.4. The molecule has 0 N–H and O–H groups in total. The van der Waals surface area contributed by atoms with Gasteiger partial charge in [-0.2, -0.15) is 0 Å². The van der Waals surface area contributed by atoms with Gasteiger partial charge in [0.1, 0.15) is 12.4 Å². The zero-order valence-electron chi connectivity index (χ0n) is 8.10. The molecule has 5 nitrogen and oxygen atoms in total. The van der Waals surface area contributed by atoms with E-state index in [-0.39, 0.29) is 24.7 Å². The van der Waals surface area contributed by atoms with Crippen LogP contribution >= 0.6 is 0 Å². The van der Waals surface area contributed by atoms with Gasteiger partial charge < -0.3 is 9.47 Å². The minimum absolute atomic E-state index is 0.0861. The molecule has 0 aromatic heterocycles. The monoisotopic (exact) mass is 215 g/mol. The van der Waals surface area contributed by atoms with Crippen LogP contribution < -0.4 is 4.74 Å². The highest BCUT2D eigenvalue weighted by molar-refractivity contribution is 5.46. The summed E-state index contributed by atoms with van der Waals surface area (Å²) in [6.45, 7) is 0.425. The van der Waals surface area contributed by atoms with E-state index in [1.54, 1.807) is 0 Å². The lowest BCUT2D eigenvalue weighted by Gasteiger charge is -2.05. The van der Waals surface area contributed by atoms with Crippen LogP contribution in [0.3, 0.4) is 0 Å². The number of rotatable bonds is 5.